The van der Waals surface area contributed by atoms with Gasteiger partial charge in [-0.15, -0.1) is 0 Å². The Morgan fingerprint density at radius 2 is 1.04 bits per heavy atom. The van der Waals surface area contributed by atoms with E-state index in [0.717, 1.165) is 39.1 Å². The largest absolute Gasteiger partial charge is 0.314 e. The van der Waals surface area contributed by atoms with Crippen LogP contribution >= 0.6 is 0 Å². The maximum absolute atomic E-state index is 3.47. The van der Waals surface area contributed by atoms with Crippen LogP contribution in [0.3, 0.4) is 0 Å². The van der Waals surface area contributed by atoms with Gasteiger partial charge in [0.05, 0.1) is 0 Å². The van der Waals surface area contributed by atoms with Crippen LogP contribution in [-0.2, 0) is 5.41 Å². The summed E-state index contributed by atoms with van der Waals surface area (Å²) in [5, 5.41) is 3.47. The Morgan fingerprint density at radius 1 is 0.630 bits per heavy atom. The van der Waals surface area contributed by atoms with Crippen LogP contribution in [0.4, 0.5) is 0 Å². The molecule has 138 valence electrons. The van der Waals surface area contributed by atoms with E-state index >= 15 is 0 Å². The molecule has 1 aliphatic heterocycles. The van der Waals surface area contributed by atoms with Crippen molar-refractivity contribution < 1.29 is 0 Å². The number of hydrogen-bond donors (Lipinski definition) is 1. The van der Waals surface area contributed by atoms with Gasteiger partial charge >= 0.3 is 0 Å². The molecule has 1 saturated heterocycles. The highest BCUT2D eigenvalue weighted by atomic mass is 15.2. The van der Waals surface area contributed by atoms with Gasteiger partial charge in [0.15, 0.2) is 0 Å². The molecule has 1 N–H and O–H groups in total. The fourth-order valence-corrected chi connectivity index (χ4v) is 4.36. The number of nitrogens with one attached hydrogen (secondary N) is 1. The van der Waals surface area contributed by atoms with Gasteiger partial charge in [0.25, 0.3) is 0 Å². The van der Waals surface area contributed by atoms with Gasteiger partial charge in [0, 0.05) is 31.6 Å². The maximum atomic E-state index is 3.47. The lowest BCUT2D eigenvalue weighted by atomic mass is 9.67. The van der Waals surface area contributed by atoms with Crippen LogP contribution in [0.15, 0.2) is 91.0 Å². The van der Waals surface area contributed by atoms with Gasteiger partial charge in [-0.2, -0.15) is 0 Å². The zero-order chi connectivity index (χ0) is 18.4. The number of hydrogen-bond acceptors (Lipinski definition) is 2. The quantitative estimate of drug-likeness (QED) is 0.662. The minimum absolute atomic E-state index is 0.130. The van der Waals surface area contributed by atoms with Gasteiger partial charge in [-0.05, 0) is 29.7 Å². The molecule has 0 aliphatic carbocycles. The topological polar surface area (TPSA) is 15.3 Å². The first kappa shape index (κ1) is 18.0. The molecule has 4 rings (SSSR count). The molecule has 0 bridgehead atoms. The van der Waals surface area contributed by atoms with Crippen molar-refractivity contribution in [2.75, 3.05) is 32.7 Å². The Morgan fingerprint density at radius 3 is 1.44 bits per heavy atom. The highest BCUT2D eigenvalue weighted by Crippen LogP contribution is 2.42. The van der Waals surface area contributed by atoms with Gasteiger partial charge in [-0.3, -0.25) is 0 Å². The minimum atomic E-state index is -0.130. The third kappa shape index (κ3) is 3.83. The molecule has 1 aliphatic rings. The third-order valence-electron chi connectivity index (χ3n) is 5.81. The number of piperazine rings is 1. The average molecular weight is 357 g/mol. The zero-order valence-electron chi connectivity index (χ0n) is 15.9. The summed E-state index contributed by atoms with van der Waals surface area (Å²) in [7, 11) is 0. The van der Waals surface area contributed by atoms with E-state index in [1.54, 1.807) is 0 Å². The van der Waals surface area contributed by atoms with Crippen LogP contribution in [0.25, 0.3) is 0 Å². The summed E-state index contributed by atoms with van der Waals surface area (Å²) in [5.74, 6) is 0. The van der Waals surface area contributed by atoms with Crippen molar-refractivity contribution in [3.8, 4) is 0 Å². The van der Waals surface area contributed by atoms with Crippen molar-refractivity contribution in [3.05, 3.63) is 108 Å². The second kappa shape index (κ2) is 8.51. The van der Waals surface area contributed by atoms with Gasteiger partial charge in [0.2, 0.25) is 0 Å². The van der Waals surface area contributed by atoms with E-state index in [9.17, 15) is 0 Å². The Kier molecular flexibility index (Phi) is 5.66. The van der Waals surface area contributed by atoms with Crippen molar-refractivity contribution in [2.45, 2.75) is 11.8 Å². The molecule has 0 radical (unpaired) electrons. The van der Waals surface area contributed by atoms with Crippen LogP contribution in [0, 0.1) is 0 Å². The molecule has 3 aromatic rings. The van der Waals surface area contributed by atoms with Gasteiger partial charge in [0.1, 0.15) is 0 Å². The second-order valence-electron chi connectivity index (χ2n) is 7.35. The lowest BCUT2D eigenvalue weighted by Crippen LogP contribution is -2.45. The van der Waals surface area contributed by atoms with Crippen molar-refractivity contribution in [3.63, 3.8) is 0 Å². The van der Waals surface area contributed by atoms with E-state index in [4.69, 9.17) is 0 Å². The smallest absolute Gasteiger partial charge is 0.0463 e. The van der Waals surface area contributed by atoms with E-state index in [2.05, 4.69) is 101 Å². The molecule has 2 heteroatoms. The molecule has 2 nitrogen and oxygen atoms in total. The van der Waals surface area contributed by atoms with E-state index in [-0.39, 0.29) is 5.41 Å². The average Bonchev–Trinajstić information content (AvgIpc) is 2.77. The Bertz CT molecular complexity index is 712. The van der Waals surface area contributed by atoms with E-state index in [1.165, 1.54) is 16.7 Å². The van der Waals surface area contributed by atoms with Crippen LogP contribution in [-0.4, -0.2) is 37.6 Å². The monoisotopic (exact) mass is 356 g/mol. The van der Waals surface area contributed by atoms with E-state index < -0.39 is 0 Å². The first-order chi connectivity index (χ1) is 13.4. The van der Waals surface area contributed by atoms with Gasteiger partial charge < -0.3 is 10.2 Å². The van der Waals surface area contributed by atoms with Crippen LogP contribution in [0.1, 0.15) is 23.1 Å². The predicted octanol–water partition coefficient (Wildman–Crippen LogP) is 4.32. The summed E-state index contributed by atoms with van der Waals surface area (Å²) < 4.78 is 0. The molecular weight excluding hydrogens is 328 g/mol. The maximum Gasteiger partial charge on any atom is 0.0463 e. The third-order valence-corrected chi connectivity index (χ3v) is 5.81. The second-order valence-corrected chi connectivity index (χ2v) is 7.35. The van der Waals surface area contributed by atoms with Gasteiger partial charge in [-0.1, -0.05) is 91.0 Å². The molecule has 0 saturated carbocycles. The standard InChI is InChI=1S/C25H28N2/c1-4-10-22(11-5-1)25(23-12-6-2-7-13-23,24-14-8-3-9-15-24)16-19-27-20-17-26-18-21-27/h1-15,26H,16-21H2. The molecule has 27 heavy (non-hydrogen) atoms. The highest BCUT2D eigenvalue weighted by Gasteiger charge is 2.36. The van der Waals surface area contributed by atoms with Gasteiger partial charge in [-0.25, -0.2) is 0 Å². The van der Waals surface area contributed by atoms with E-state index in [1.807, 2.05) is 0 Å². The Labute approximate surface area is 162 Å². The van der Waals surface area contributed by atoms with Crippen LogP contribution < -0.4 is 5.32 Å². The number of nitrogens with zero attached hydrogens (tertiary/aromatic N) is 1. The van der Waals surface area contributed by atoms with Crippen LogP contribution in [0.5, 0.6) is 0 Å². The Balaban J connectivity index is 1.81. The lowest BCUT2D eigenvalue weighted by Gasteiger charge is -2.38. The molecule has 0 amide bonds. The molecule has 1 heterocycles. The minimum Gasteiger partial charge on any atom is -0.314 e. The number of benzene rings is 3. The molecule has 0 unspecified atom stereocenters. The predicted molar refractivity (Wildman–Crippen MR) is 113 cm³/mol. The normalized spacial score (nSPS) is 15.6. The van der Waals surface area contributed by atoms with E-state index in [0.29, 0.717) is 0 Å². The SMILES string of the molecule is c1ccc(C(CCN2CCNCC2)(c2ccccc2)c2ccccc2)cc1. The molecule has 3 aromatic carbocycles. The first-order valence-electron chi connectivity index (χ1n) is 9.99. The Hall–Kier alpha value is -2.42. The molecule has 0 atom stereocenters. The summed E-state index contributed by atoms with van der Waals surface area (Å²) in [6, 6.07) is 33.1. The number of rotatable bonds is 6. The zero-order valence-corrected chi connectivity index (χ0v) is 15.9. The summed E-state index contributed by atoms with van der Waals surface area (Å²) >= 11 is 0. The van der Waals surface area contributed by atoms with Crippen molar-refractivity contribution in [1.82, 2.24) is 10.2 Å². The molecule has 1 fully saturated rings. The van der Waals surface area contributed by atoms with Crippen molar-refractivity contribution >= 4 is 0 Å². The molecule has 0 aromatic heterocycles. The van der Waals surface area contributed by atoms with Crippen LogP contribution in [0.2, 0.25) is 0 Å². The summed E-state index contributed by atoms with van der Waals surface area (Å²) in [6.45, 7) is 5.55. The first-order valence-corrected chi connectivity index (χ1v) is 9.99. The molecular formula is C25H28N2. The lowest BCUT2D eigenvalue weighted by molar-refractivity contribution is 0.227. The van der Waals surface area contributed by atoms with Crippen molar-refractivity contribution in [2.24, 2.45) is 0 Å². The van der Waals surface area contributed by atoms with Crippen molar-refractivity contribution in [1.29, 1.82) is 0 Å². The summed E-state index contributed by atoms with van der Waals surface area (Å²) in [5.41, 5.74) is 3.99. The fraction of sp³-hybridized carbons (Fsp3) is 0.280. The summed E-state index contributed by atoms with van der Waals surface area (Å²) in [6.07, 6.45) is 1.07. The summed E-state index contributed by atoms with van der Waals surface area (Å²) in [4.78, 5) is 2.60. The fourth-order valence-electron chi connectivity index (χ4n) is 4.36. The highest BCUT2D eigenvalue weighted by molar-refractivity contribution is 5.50. The molecule has 0 spiro atoms.